The molecule has 1 aromatic heterocycles. The number of hydrogen-bond donors (Lipinski definition) is 0. The van der Waals surface area contributed by atoms with Gasteiger partial charge in [-0.25, -0.2) is 0 Å². The van der Waals surface area contributed by atoms with Gasteiger partial charge in [0.1, 0.15) is 0 Å². The first kappa shape index (κ1) is 13.8. The molecule has 0 spiro atoms. The summed E-state index contributed by atoms with van der Waals surface area (Å²) in [6, 6.07) is 4.58. The lowest BCUT2D eigenvalue weighted by atomic mass is 9.77. The molecule has 0 fully saturated rings. The normalized spacial score (nSPS) is 15.0. The van der Waals surface area contributed by atoms with Crippen LogP contribution in [0.2, 0.25) is 0 Å². The van der Waals surface area contributed by atoms with Crippen molar-refractivity contribution in [2.24, 2.45) is 5.41 Å². The first-order valence-corrected chi connectivity index (χ1v) is 7.46. The van der Waals surface area contributed by atoms with Crippen LogP contribution in [0.1, 0.15) is 62.6 Å². The van der Waals surface area contributed by atoms with Gasteiger partial charge >= 0.3 is 0 Å². The first-order chi connectivity index (χ1) is 7.59. The number of aryl methyl sites for hydroxylation is 1. The summed E-state index contributed by atoms with van der Waals surface area (Å²) < 4.78 is 0. The SMILES string of the molecule is CCCCC(C)(CCC)Cc1ccc(C)s1. The summed E-state index contributed by atoms with van der Waals surface area (Å²) in [4.78, 5) is 3.02. The van der Waals surface area contributed by atoms with Crippen LogP contribution >= 0.6 is 11.3 Å². The van der Waals surface area contributed by atoms with Crippen LogP contribution in [0.25, 0.3) is 0 Å². The molecule has 0 saturated carbocycles. The van der Waals surface area contributed by atoms with Crippen molar-refractivity contribution in [1.82, 2.24) is 0 Å². The Morgan fingerprint density at radius 2 is 1.88 bits per heavy atom. The van der Waals surface area contributed by atoms with Crippen molar-refractivity contribution in [3.05, 3.63) is 21.9 Å². The Morgan fingerprint density at radius 1 is 1.12 bits per heavy atom. The van der Waals surface area contributed by atoms with Crippen molar-refractivity contribution in [3.63, 3.8) is 0 Å². The molecular weight excluding hydrogens is 212 g/mol. The summed E-state index contributed by atoms with van der Waals surface area (Å²) in [6.07, 6.45) is 8.03. The van der Waals surface area contributed by atoms with Gasteiger partial charge in [-0.05, 0) is 43.7 Å². The maximum absolute atomic E-state index is 2.47. The van der Waals surface area contributed by atoms with E-state index in [1.807, 2.05) is 11.3 Å². The minimum Gasteiger partial charge on any atom is -0.146 e. The minimum absolute atomic E-state index is 0.530. The third-order valence-corrected chi connectivity index (χ3v) is 4.39. The fourth-order valence-corrected chi connectivity index (χ4v) is 3.62. The molecule has 1 aromatic rings. The Hall–Kier alpha value is -0.300. The number of thiophene rings is 1. The van der Waals surface area contributed by atoms with Gasteiger partial charge in [0, 0.05) is 9.75 Å². The van der Waals surface area contributed by atoms with Crippen molar-refractivity contribution in [2.45, 2.75) is 66.2 Å². The first-order valence-electron chi connectivity index (χ1n) is 6.65. The average molecular weight is 238 g/mol. The molecule has 0 aromatic carbocycles. The van der Waals surface area contributed by atoms with E-state index in [0.29, 0.717) is 5.41 Å². The Balaban J connectivity index is 2.62. The highest BCUT2D eigenvalue weighted by Crippen LogP contribution is 2.35. The van der Waals surface area contributed by atoms with E-state index in [9.17, 15) is 0 Å². The van der Waals surface area contributed by atoms with Crippen LogP contribution in [0.15, 0.2) is 12.1 Å². The molecule has 16 heavy (non-hydrogen) atoms. The molecule has 1 rings (SSSR count). The Labute approximate surface area is 105 Å². The molecule has 0 aliphatic heterocycles. The largest absolute Gasteiger partial charge is 0.146 e. The summed E-state index contributed by atoms with van der Waals surface area (Å²) in [5.41, 5.74) is 0.530. The van der Waals surface area contributed by atoms with E-state index in [1.54, 1.807) is 4.88 Å². The number of rotatable bonds is 7. The lowest BCUT2D eigenvalue weighted by Gasteiger charge is -2.29. The van der Waals surface area contributed by atoms with Crippen molar-refractivity contribution in [2.75, 3.05) is 0 Å². The van der Waals surface area contributed by atoms with E-state index < -0.39 is 0 Å². The molecule has 1 heterocycles. The molecule has 0 aliphatic carbocycles. The summed E-state index contributed by atoms with van der Waals surface area (Å²) in [7, 11) is 0. The Bertz CT molecular complexity index is 300. The van der Waals surface area contributed by atoms with Gasteiger partial charge in [-0.1, -0.05) is 40.0 Å². The van der Waals surface area contributed by atoms with Gasteiger partial charge in [0.2, 0.25) is 0 Å². The zero-order valence-electron chi connectivity index (χ0n) is 11.3. The molecule has 1 heteroatoms. The fourth-order valence-electron chi connectivity index (χ4n) is 2.51. The molecule has 0 bridgehead atoms. The molecule has 0 aliphatic rings. The molecule has 92 valence electrons. The van der Waals surface area contributed by atoms with Gasteiger partial charge in [-0.3, -0.25) is 0 Å². The predicted molar refractivity (Wildman–Crippen MR) is 75.3 cm³/mol. The van der Waals surface area contributed by atoms with E-state index >= 15 is 0 Å². The fraction of sp³-hybridized carbons (Fsp3) is 0.733. The van der Waals surface area contributed by atoms with Gasteiger partial charge in [-0.15, -0.1) is 11.3 Å². The summed E-state index contributed by atoms with van der Waals surface area (Å²) in [5, 5.41) is 0. The zero-order chi connectivity index (χ0) is 12.0. The highest BCUT2D eigenvalue weighted by atomic mass is 32.1. The van der Waals surface area contributed by atoms with Crippen molar-refractivity contribution in [3.8, 4) is 0 Å². The van der Waals surface area contributed by atoms with Crippen LogP contribution in [0.5, 0.6) is 0 Å². The van der Waals surface area contributed by atoms with E-state index in [4.69, 9.17) is 0 Å². The maximum atomic E-state index is 2.47. The number of hydrogen-bond acceptors (Lipinski definition) is 1. The smallest absolute Gasteiger partial charge is 0.00534 e. The molecular formula is C15H26S. The topological polar surface area (TPSA) is 0 Å². The maximum Gasteiger partial charge on any atom is 0.00534 e. The van der Waals surface area contributed by atoms with E-state index in [0.717, 1.165) is 0 Å². The van der Waals surface area contributed by atoms with Gasteiger partial charge in [0.05, 0.1) is 0 Å². The van der Waals surface area contributed by atoms with Crippen LogP contribution in [-0.2, 0) is 6.42 Å². The molecule has 1 unspecified atom stereocenters. The number of unbranched alkanes of at least 4 members (excludes halogenated alkanes) is 1. The van der Waals surface area contributed by atoms with Crippen molar-refractivity contribution in [1.29, 1.82) is 0 Å². The van der Waals surface area contributed by atoms with E-state index in [2.05, 4.69) is 39.8 Å². The van der Waals surface area contributed by atoms with Crippen LogP contribution in [0.4, 0.5) is 0 Å². The molecule has 0 N–H and O–H groups in total. The minimum atomic E-state index is 0.530. The monoisotopic (exact) mass is 238 g/mol. The third kappa shape index (κ3) is 4.29. The van der Waals surface area contributed by atoms with Crippen LogP contribution in [-0.4, -0.2) is 0 Å². The van der Waals surface area contributed by atoms with Crippen LogP contribution in [0.3, 0.4) is 0 Å². The lowest BCUT2D eigenvalue weighted by molar-refractivity contribution is 0.260. The van der Waals surface area contributed by atoms with Gasteiger partial charge in [-0.2, -0.15) is 0 Å². The molecule has 0 saturated heterocycles. The summed E-state index contributed by atoms with van der Waals surface area (Å²) in [6.45, 7) is 9.28. The summed E-state index contributed by atoms with van der Waals surface area (Å²) in [5.74, 6) is 0. The van der Waals surface area contributed by atoms with Gasteiger partial charge < -0.3 is 0 Å². The summed E-state index contributed by atoms with van der Waals surface area (Å²) >= 11 is 1.97. The second kappa shape index (κ2) is 6.44. The lowest BCUT2D eigenvalue weighted by Crippen LogP contribution is -2.18. The van der Waals surface area contributed by atoms with Crippen molar-refractivity contribution >= 4 is 11.3 Å². The van der Waals surface area contributed by atoms with E-state index in [-0.39, 0.29) is 0 Å². The second-order valence-electron chi connectivity index (χ2n) is 5.35. The molecule has 0 radical (unpaired) electrons. The predicted octanol–water partition coefficient (Wildman–Crippen LogP) is 5.60. The van der Waals surface area contributed by atoms with Gasteiger partial charge in [0.15, 0.2) is 0 Å². The molecule has 0 amide bonds. The highest BCUT2D eigenvalue weighted by Gasteiger charge is 2.23. The van der Waals surface area contributed by atoms with Gasteiger partial charge in [0.25, 0.3) is 0 Å². The molecule has 0 nitrogen and oxygen atoms in total. The third-order valence-electron chi connectivity index (χ3n) is 3.38. The highest BCUT2D eigenvalue weighted by molar-refractivity contribution is 7.11. The Morgan fingerprint density at radius 3 is 2.38 bits per heavy atom. The average Bonchev–Trinajstić information content (AvgIpc) is 2.61. The quantitative estimate of drug-likeness (QED) is 0.580. The van der Waals surface area contributed by atoms with Crippen LogP contribution < -0.4 is 0 Å². The second-order valence-corrected chi connectivity index (χ2v) is 6.73. The van der Waals surface area contributed by atoms with Crippen molar-refractivity contribution < 1.29 is 0 Å². The van der Waals surface area contributed by atoms with E-state index in [1.165, 1.54) is 43.4 Å². The zero-order valence-corrected chi connectivity index (χ0v) is 12.1. The van der Waals surface area contributed by atoms with Crippen LogP contribution in [0, 0.1) is 12.3 Å². The molecule has 1 atom stereocenters. The standard InChI is InChI=1S/C15H26S/c1-5-7-11-15(4,10-6-2)12-14-9-8-13(3)16-14/h8-9H,5-7,10-12H2,1-4H3. The Kier molecular flexibility index (Phi) is 5.54.